The van der Waals surface area contributed by atoms with Gasteiger partial charge in [-0.1, -0.05) is 32.0 Å². The van der Waals surface area contributed by atoms with Crippen molar-refractivity contribution in [3.8, 4) is 0 Å². The number of hydrogen-bond donors (Lipinski definition) is 3. The minimum Gasteiger partial charge on any atom is -0.391 e. The summed E-state index contributed by atoms with van der Waals surface area (Å²) in [7, 11) is 0. The van der Waals surface area contributed by atoms with Crippen LogP contribution in [0.5, 0.6) is 0 Å². The average Bonchev–Trinajstić information content (AvgIpc) is 2.72. The molecule has 1 aromatic carbocycles. The fraction of sp³-hybridized carbons (Fsp3) is 0.471. The number of nitrogens with one attached hydrogen (secondary N) is 2. The number of carbonyl (C=O) groups is 1. The summed E-state index contributed by atoms with van der Waals surface area (Å²) in [6.07, 6.45) is 0.564. The van der Waals surface area contributed by atoms with E-state index in [0.29, 0.717) is 25.3 Å². The third-order valence-corrected chi connectivity index (χ3v) is 3.64. The van der Waals surface area contributed by atoms with Crippen molar-refractivity contribution in [3.05, 3.63) is 35.5 Å². The van der Waals surface area contributed by atoms with E-state index < -0.39 is 6.10 Å². The number of aromatic nitrogens is 1. The zero-order chi connectivity index (χ0) is 15.4. The smallest absolute Gasteiger partial charge is 0.224 e. The highest BCUT2D eigenvalue weighted by atomic mass is 16.3. The van der Waals surface area contributed by atoms with E-state index in [1.807, 2.05) is 31.2 Å². The van der Waals surface area contributed by atoms with Crippen LogP contribution in [0.15, 0.2) is 24.3 Å². The minimum atomic E-state index is -0.474. The normalized spacial score (nSPS) is 12.8. The van der Waals surface area contributed by atoms with Gasteiger partial charge in [0.2, 0.25) is 5.91 Å². The van der Waals surface area contributed by atoms with Gasteiger partial charge in [0.05, 0.1) is 12.5 Å². The summed E-state index contributed by atoms with van der Waals surface area (Å²) >= 11 is 0. The van der Waals surface area contributed by atoms with Crippen LogP contribution in [0.2, 0.25) is 0 Å². The molecule has 4 nitrogen and oxygen atoms in total. The number of hydrogen-bond acceptors (Lipinski definition) is 2. The highest BCUT2D eigenvalue weighted by molar-refractivity contribution is 5.90. The molecular formula is C17H24N2O2. The van der Waals surface area contributed by atoms with Gasteiger partial charge in [-0.15, -0.1) is 0 Å². The second-order valence-electron chi connectivity index (χ2n) is 6.04. The maximum absolute atomic E-state index is 12.1. The third-order valence-electron chi connectivity index (χ3n) is 3.64. The van der Waals surface area contributed by atoms with Crippen molar-refractivity contribution in [3.63, 3.8) is 0 Å². The molecule has 0 fully saturated rings. The van der Waals surface area contributed by atoms with E-state index in [1.165, 1.54) is 0 Å². The maximum Gasteiger partial charge on any atom is 0.224 e. The summed E-state index contributed by atoms with van der Waals surface area (Å²) in [4.78, 5) is 15.4. The Morgan fingerprint density at radius 1 is 1.33 bits per heavy atom. The Morgan fingerprint density at radius 3 is 2.76 bits per heavy atom. The van der Waals surface area contributed by atoms with Gasteiger partial charge in [-0.3, -0.25) is 4.79 Å². The molecule has 0 spiro atoms. The SMILES string of the molecule is Cc1[nH]c2ccccc2c1CC(=O)NCC(O)CC(C)C. The van der Waals surface area contributed by atoms with E-state index in [0.717, 1.165) is 22.2 Å². The van der Waals surface area contributed by atoms with Gasteiger partial charge in [0, 0.05) is 23.1 Å². The number of aliphatic hydroxyl groups excluding tert-OH is 1. The number of benzene rings is 1. The fourth-order valence-electron chi connectivity index (χ4n) is 2.64. The first kappa shape index (κ1) is 15.6. The molecule has 0 bridgehead atoms. The van der Waals surface area contributed by atoms with E-state index in [4.69, 9.17) is 0 Å². The van der Waals surface area contributed by atoms with Gasteiger partial charge in [0.15, 0.2) is 0 Å². The van der Waals surface area contributed by atoms with Crippen LogP contribution < -0.4 is 5.32 Å². The van der Waals surface area contributed by atoms with E-state index in [-0.39, 0.29) is 5.91 Å². The second kappa shape index (κ2) is 6.76. The van der Waals surface area contributed by atoms with Crippen molar-refractivity contribution < 1.29 is 9.90 Å². The van der Waals surface area contributed by atoms with Gasteiger partial charge < -0.3 is 15.4 Å². The Hall–Kier alpha value is -1.81. The van der Waals surface area contributed by atoms with Gasteiger partial charge >= 0.3 is 0 Å². The monoisotopic (exact) mass is 288 g/mol. The van der Waals surface area contributed by atoms with Crippen LogP contribution in [0.1, 0.15) is 31.5 Å². The van der Waals surface area contributed by atoms with E-state index in [1.54, 1.807) is 0 Å². The molecule has 1 aromatic heterocycles. The molecule has 0 aliphatic rings. The van der Waals surface area contributed by atoms with E-state index >= 15 is 0 Å². The topological polar surface area (TPSA) is 65.1 Å². The Balaban J connectivity index is 1.97. The molecule has 0 aliphatic carbocycles. The molecule has 0 radical (unpaired) electrons. The summed E-state index contributed by atoms with van der Waals surface area (Å²) in [5.74, 6) is 0.374. The summed E-state index contributed by atoms with van der Waals surface area (Å²) in [5, 5.41) is 13.7. The van der Waals surface area contributed by atoms with Crippen LogP contribution >= 0.6 is 0 Å². The number of aromatic amines is 1. The number of aliphatic hydroxyl groups is 1. The van der Waals surface area contributed by atoms with Crippen molar-refractivity contribution in [1.82, 2.24) is 10.3 Å². The molecule has 2 rings (SSSR count). The lowest BCUT2D eigenvalue weighted by atomic mass is 10.1. The Morgan fingerprint density at radius 2 is 2.05 bits per heavy atom. The summed E-state index contributed by atoms with van der Waals surface area (Å²) < 4.78 is 0. The number of aryl methyl sites for hydroxylation is 1. The lowest BCUT2D eigenvalue weighted by molar-refractivity contribution is -0.120. The largest absolute Gasteiger partial charge is 0.391 e. The van der Waals surface area contributed by atoms with Crippen LogP contribution in [0.4, 0.5) is 0 Å². The van der Waals surface area contributed by atoms with Gasteiger partial charge in [0.1, 0.15) is 0 Å². The fourth-order valence-corrected chi connectivity index (χ4v) is 2.64. The van der Waals surface area contributed by atoms with E-state index in [2.05, 4.69) is 24.1 Å². The first-order chi connectivity index (χ1) is 9.97. The standard InChI is InChI=1S/C17H24N2O2/c1-11(2)8-13(20)10-18-17(21)9-15-12(3)19-16-7-5-4-6-14(15)16/h4-7,11,13,19-20H,8-10H2,1-3H3,(H,18,21). The minimum absolute atomic E-state index is 0.0503. The van der Waals surface area contributed by atoms with Crippen molar-refractivity contribution in [2.24, 2.45) is 5.92 Å². The van der Waals surface area contributed by atoms with Crippen molar-refractivity contribution in [2.75, 3.05) is 6.54 Å². The highest BCUT2D eigenvalue weighted by Crippen LogP contribution is 2.22. The van der Waals surface area contributed by atoms with E-state index in [9.17, 15) is 9.90 Å². The van der Waals surface area contributed by atoms with Crippen molar-refractivity contribution in [1.29, 1.82) is 0 Å². The molecule has 1 amide bonds. The Kier molecular flexibility index (Phi) is 5.02. The van der Waals surface area contributed by atoms with Crippen LogP contribution in [0.25, 0.3) is 10.9 Å². The average molecular weight is 288 g/mol. The third kappa shape index (κ3) is 4.08. The van der Waals surface area contributed by atoms with Crippen molar-refractivity contribution in [2.45, 2.75) is 39.7 Å². The molecule has 4 heteroatoms. The lowest BCUT2D eigenvalue weighted by Gasteiger charge is -2.13. The number of fused-ring (bicyclic) bond motifs is 1. The maximum atomic E-state index is 12.1. The molecule has 0 saturated heterocycles. The molecule has 3 N–H and O–H groups in total. The number of rotatable bonds is 6. The summed E-state index contributed by atoms with van der Waals surface area (Å²) in [6, 6.07) is 7.99. The zero-order valence-electron chi connectivity index (χ0n) is 12.9. The second-order valence-corrected chi connectivity index (χ2v) is 6.04. The van der Waals surface area contributed by atoms with Gasteiger partial charge in [-0.25, -0.2) is 0 Å². The Bertz CT molecular complexity index is 616. The molecule has 114 valence electrons. The number of amides is 1. The van der Waals surface area contributed by atoms with Crippen LogP contribution in [-0.4, -0.2) is 28.6 Å². The van der Waals surface area contributed by atoms with Crippen LogP contribution in [-0.2, 0) is 11.2 Å². The van der Waals surface area contributed by atoms with Crippen LogP contribution in [0, 0.1) is 12.8 Å². The summed E-state index contributed by atoms with van der Waals surface area (Å²) in [5.41, 5.74) is 3.10. The number of H-pyrrole nitrogens is 1. The zero-order valence-corrected chi connectivity index (χ0v) is 12.9. The number of carbonyl (C=O) groups excluding carboxylic acids is 1. The lowest BCUT2D eigenvalue weighted by Crippen LogP contribution is -2.33. The molecule has 1 heterocycles. The first-order valence-corrected chi connectivity index (χ1v) is 7.48. The highest BCUT2D eigenvalue weighted by Gasteiger charge is 2.13. The van der Waals surface area contributed by atoms with Gasteiger partial charge in [-0.2, -0.15) is 0 Å². The van der Waals surface area contributed by atoms with Gasteiger partial charge in [0.25, 0.3) is 0 Å². The predicted octanol–water partition coefficient (Wildman–Crippen LogP) is 2.54. The molecular weight excluding hydrogens is 264 g/mol. The van der Waals surface area contributed by atoms with Crippen molar-refractivity contribution >= 4 is 16.8 Å². The summed E-state index contributed by atoms with van der Waals surface area (Å²) in [6.45, 7) is 6.41. The molecule has 1 unspecified atom stereocenters. The quantitative estimate of drug-likeness (QED) is 0.765. The molecule has 2 aromatic rings. The van der Waals surface area contributed by atoms with Gasteiger partial charge in [-0.05, 0) is 30.9 Å². The van der Waals surface area contributed by atoms with Crippen LogP contribution in [0.3, 0.4) is 0 Å². The molecule has 1 atom stereocenters. The first-order valence-electron chi connectivity index (χ1n) is 7.48. The Labute approximate surface area is 125 Å². The predicted molar refractivity (Wildman–Crippen MR) is 85.2 cm³/mol. The molecule has 0 saturated carbocycles. The molecule has 21 heavy (non-hydrogen) atoms. The number of para-hydroxylation sites is 1. The molecule has 0 aliphatic heterocycles.